The van der Waals surface area contributed by atoms with Gasteiger partial charge in [-0.3, -0.25) is 4.90 Å². The summed E-state index contributed by atoms with van der Waals surface area (Å²) in [5, 5.41) is 15.9. The molecule has 2 unspecified atom stereocenters. The second-order valence-corrected chi connectivity index (χ2v) is 8.78. The summed E-state index contributed by atoms with van der Waals surface area (Å²) in [7, 11) is 2.01. The molecule has 4 rings (SSSR count). The van der Waals surface area contributed by atoms with E-state index in [4.69, 9.17) is 4.99 Å². The molecule has 1 saturated heterocycles. The van der Waals surface area contributed by atoms with E-state index in [0.29, 0.717) is 24.5 Å². The number of hydrogen-bond acceptors (Lipinski definition) is 4. The molecule has 3 aliphatic rings. The van der Waals surface area contributed by atoms with Gasteiger partial charge in [0.05, 0.1) is 0 Å². The molecule has 2 saturated carbocycles. The minimum atomic E-state index is 0.474. The molecular formula is C20H35N7. The van der Waals surface area contributed by atoms with Crippen LogP contribution in [0.2, 0.25) is 0 Å². The SMILES string of the molecule is Cc1nnc(CN=C(NC2CCCCC2)NC2CN(C3CC3)CC2C)n1C. The maximum atomic E-state index is 4.90. The Kier molecular flexibility index (Phi) is 5.66. The van der Waals surface area contributed by atoms with Crippen LogP contribution >= 0.6 is 0 Å². The van der Waals surface area contributed by atoms with E-state index < -0.39 is 0 Å². The van der Waals surface area contributed by atoms with E-state index in [1.165, 1.54) is 51.5 Å². The van der Waals surface area contributed by atoms with Crippen molar-refractivity contribution in [2.75, 3.05) is 13.1 Å². The van der Waals surface area contributed by atoms with Crippen molar-refractivity contribution < 1.29 is 0 Å². The molecule has 2 N–H and O–H groups in total. The molecule has 3 fully saturated rings. The van der Waals surface area contributed by atoms with Crippen LogP contribution < -0.4 is 10.6 Å². The lowest BCUT2D eigenvalue weighted by atomic mass is 9.96. The molecule has 0 radical (unpaired) electrons. The highest BCUT2D eigenvalue weighted by Gasteiger charge is 2.38. The van der Waals surface area contributed by atoms with Crippen molar-refractivity contribution in [1.82, 2.24) is 30.3 Å². The van der Waals surface area contributed by atoms with Gasteiger partial charge in [-0.05, 0) is 38.5 Å². The Labute approximate surface area is 163 Å². The third kappa shape index (κ3) is 4.62. The molecular weight excluding hydrogens is 338 g/mol. The topological polar surface area (TPSA) is 70.4 Å². The molecule has 27 heavy (non-hydrogen) atoms. The predicted octanol–water partition coefficient (Wildman–Crippen LogP) is 1.97. The molecule has 2 heterocycles. The number of rotatable bonds is 5. The first kappa shape index (κ1) is 18.7. The quantitative estimate of drug-likeness (QED) is 0.610. The molecule has 0 amide bonds. The Balaban J connectivity index is 1.43. The molecule has 1 aromatic rings. The lowest BCUT2D eigenvalue weighted by Crippen LogP contribution is -2.50. The Morgan fingerprint density at radius 2 is 1.85 bits per heavy atom. The molecule has 2 aliphatic carbocycles. The zero-order valence-corrected chi connectivity index (χ0v) is 17.1. The maximum absolute atomic E-state index is 4.90. The number of nitrogens with zero attached hydrogens (tertiary/aromatic N) is 5. The second-order valence-electron chi connectivity index (χ2n) is 8.78. The summed E-state index contributed by atoms with van der Waals surface area (Å²) in [6.07, 6.45) is 9.27. The fourth-order valence-electron chi connectivity index (χ4n) is 4.42. The van der Waals surface area contributed by atoms with Gasteiger partial charge in [0.25, 0.3) is 0 Å². The van der Waals surface area contributed by atoms with Crippen molar-refractivity contribution in [3.05, 3.63) is 11.6 Å². The van der Waals surface area contributed by atoms with E-state index >= 15 is 0 Å². The van der Waals surface area contributed by atoms with Gasteiger partial charge in [0.1, 0.15) is 12.4 Å². The molecule has 7 nitrogen and oxygen atoms in total. The normalized spacial score (nSPS) is 27.9. The number of nitrogens with one attached hydrogen (secondary N) is 2. The summed E-state index contributed by atoms with van der Waals surface area (Å²) in [6.45, 7) is 7.26. The highest BCUT2D eigenvalue weighted by Crippen LogP contribution is 2.31. The van der Waals surface area contributed by atoms with Gasteiger partial charge in [0, 0.05) is 38.3 Å². The molecule has 1 aromatic heterocycles. The van der Waals surface area contributed by atoms with E-state index in [0.717, 1.165) is 30.2 Å². The summed E-state index contributed by atoms with van der Waals surface area (Å²) in [4.78, 5) is 7.56. The highest BCUT2D eigenvalue weighted by molar-refractivity contribution is 5.80. The standard InChI is InChI=1S/C20H35N7/c1-14-12-27(17-9-10-17)13-18(14)23-20(22-16-7-5-4-6-8-16)21-11-19-25-24-15(2)26(19)3/h14,16-18H,4-13H2,1-3H3,(H2,21,22,23). The summed E-state index contributed by atoms with van der Waals surface area (Å²) < 4.78 is 2.02. The minimum absolute atomic E-state index is 0.474. The lowest BCUT2D eigenvalue weighted by molar-refractivity contribution is 0.315. The van der Waals surface area contributed by atoms with E-state index in [-0.39, 0.29) is 0 Å². The number of guanidine groups is 1. The lowest BCUT2D eigenvalue weighted by Gasteiger charge is -2.27. The average Bonchev–Trinajstić information content (AvgIpc) is 3.39. The zero-order valence-electron chi connectivity index (χ0n) is 17.1. The Bertz CT molecular complexity index is 657. The number of aryl methyl sites for hydroxylation is 1. The highest BCUT2D eigenvalue weighted by atomic mass is 15.3. The van der Waals surface area contributed by atoms with Crippen LogP contribution in [-0.2, 0) is 13.6 Å². The first-order chi connectivity index (χ1) is 13.1. The van der Waals surface area contributed by atoms with E-state index in [9.17, 15) is 0 Å². The largest absolute Gasteiger partial charge is 0.354 e. The van der Waals surface area contributed by atoms with Gasteiger partial charge in [-0.15, -0.1) is 10.2 Å². The van der Waals surface area contributed by atoms with Gasteiger partial charge in [-0.1, -0.05) is 26.2 Å². The van der Waals surface area contributed by atoms with Crippen molar-refractivity contribution >= 4 is 5.96 Å². The fraction of sp³-hybridized carbons (Fsp3) is 0.850. The first-order valence-corrected chi connectivity index (χ1v) is 10.8. The Morgan fingerprint density at radius 3 is 2.52 bits per heavy atom. The number of hydrogen-bond donors (Lipinski definition) is 2. The van der Waals surface area contributed by atoms with E-state index in [1.54, 1.807) is 0 Å². The molecule has 0 spiro atoms. The van der Waals surface area contributed by atoms with Crippen molar-refractivity contribution in [3.8, 4) is 0 Å². The van der Waals surface area contributed by atoms with Crippen LogP contribution in [0.5, 0.6) is 0 Å². The van der Waals surface area contributed by atoms with Crippen LogP contribution in [0.15, 0.2) is 4.99 Å². The van der Waals surface area contributed by atoms with Crippen LogP contribution in [0, 0.1) is 12.8 Å². The molecule has 2 atom stereocenters. The van der Waals surface area contributed by atoms with Gasteiger partial charge in [-0.2, -0.15) is 0 Å². The zero-order chi connectivity index (χ0) is 18.8. The fourth-order valence-corrected chi connectivity index (χ4v) is 4.42. The molecule has 7 heteroatoms. The molecule has 0 bridgehead atoms. The number of aliphatic imine (C=N–C) groups is 1. The summed E-state index contributed by atoms with van der Waals surface area (Å²) in [6, 6.07) is 1.86. The molecule has 150 valence electrons. The molecule has 0 aromatic carbocycles. The Morgan fingerprint density at radius 1 is 1.07 bits per heavy atom. The van der Waals surface area contributed by atoms with Crippen molar-refractivity contribution in [3.63, 3.8) is 0 Å². The Hall–Kier alpha value is -1.63. The minimum Gasteiger partial charge on any atom is -0.354 e. The van der Waals surface area contributed by atoms with Gasteiger partial charge in [-0.25, -0.2) is 4.99 Å². The van der Waals surface area contributed by atoms with Gasteiger partial charge >= 0.3 is 0 Å². The van der Waals surface area contributed by atoms with Crippen molar-refractivity contribution in [2.24, 2.45) is 18.0 Å². The smallest absolute Gasteiger partial charge is 0.192 e. The predicted molar refractivity (Wildman–Crippen MR) is 108 cm³/mol. The summed E-state index contributed by atoms with van der Waals surface area (Å²) in [5.41, 5.74) is 0. The van der Waals surface area contributed by atoms with Crippen LogP contribution in [0.4, 0.5) is 0 Å². The molecule has 1 aliphatic heterocycles. The van der Waals surface area contributed by atoms with Crippen LogP contribution in [0.3, 0.4) is 0 Å². The number of likely N-dealkylation sites (tertiary alicyclic amines) is 1. The average molecular weight is 374 g/mol. The van der Waals surface area contributed by atoms with Crippen molar-refractivity contribution in [1.29, 1.82) is 0 Å². The summed E-state index contributed by atoms with van der Waals surface area (Å²) in [5.74, 6) is 3.45. The monoisotopic (exact) mass is 373 g/mol. The second kappa shape index (κ2) is 8.17. The van der Waals surface area contributed by atoms with Crippen molar-refractivity contribution in [2.45, 2.75) is 83.5 Å². The van der Waals surface area contributed by atoms with Crippen LogP contribution in [-0.4, -0.2) is 56.8 Å². The van der Waals surface area contributed by atoms with E-state index in [1.807, 2.05) is 18.5 Å². The summed E-state index contributed by atoms with van der Waals surface area (Å²) >= 11 is 0. The number of aromatic nitrogens is 3. The van der Waals surface area contributed by atoms with Crippen LogP contribution in [0.25, 0.3) is 0 Å². The third-order valence-corrected chi connectivity index (χ3v) is 6.53. The van der Waals surface area contributed by atoms with Gasteiger partial charge in [0.15, 0.2) is 11.8 Å². The van der Waals surface area contributed by atoms with Gasteiger partial charge in [0.2, 0.25) is 0 Å². The van der Waals surface area contributed by atoms with Gasteiger partial charge < -0.3 is 15.2 Å². The maximum Gasteiger partial charge on any atom is 0.192 e. The van der Waals surface area contributed by atoms with Crippen LogP contribution in [0.1, 0.15) is 63.5 Å². The first-order valence-electron chi connectivity index (χ1n) is 10.8. The van der Waals surface area contributed by atoms with E-state index in [2.05, 4.69) is 32.7 Å². The third-order valence-electron chi connectivity index (χ3n) is 6.53.